The van der Waals surface area contributed by atoms with Crippen molar-refractivity contribution in [3.05, 3.63) is 0 Å². The van der Waals surface area contributed by atoms with E-state index in [0.717, 1.165) is 13.1 Å². The second kappa shape index (κ2) is 3.70. The van der Waals surface area contributed by atoms with Gasteiger partial charge < -0.3 is 9.69 Å². The van der Waals surface area contributed by atoms with Gasteiger partial charge in [-0.15, -0.1) is 0 Å². The predicted molar refractivity (Wildman–Crippen MR) is 45.7 cm³/mol. The standard InChI is InChI=1S/C9H15NO2/c1-7-5-10(6-7)9(12)4-3-8(2)11/h7H,3-6H2,1-2H3. The average molecular weight is 169 g/mol. The lowest BCUT2D eigenvalue weighted by Crippen LogP contribution is -2.48. The quantitative estimate of drug-likeness (QED) is 0.627. The summed E-state index contributed by atoms with van der Waals surface area (Å²) in [5.41, 5.74) is 0. The first-order chi connectivity index (χ1) is 5.59. The number of likely N-dealkylation sites (tertiary alicyclic amines) is 1. The number of Topliss-reactive ketones (excluding diaryl/α,β-unsaturated/α-hetero) is 1. The van der Waals surface area contributed by atoms with Gasteiger partial charge in [-0.3, -0.25) is 4.79 Å². The molecule has 0 unspecified atom stereocenters. The molecule has 0 N–H and O–H groups in total. The van der Waals surface area contributed by atoms with Crippen LogP contribution in [0.5, 0.6) is 0 Å². The van der Waals surface area contributed by atoms with Gasteiger partial charge in [-0.05, 0) is 12.8 Å². The monoisotopic (exact) mass is 169 g/mol. The summed E-state index contributed by atoms with van der Waals surface area (Å²) in [4.78, 5) is 23.6. The summed E-state index contributed by atoms with van der Waals surface area (Å²) in [7, 11) is 0. The lowest BCUT2D eigenvalue weighted by atomic mass is 10.0. The Morgan fingerprint density at radius 1 is 1.33 bits per heavy atom. The van der Waals surface area contributed by atoms with Crippen LogP contribution in [0.2, 0.25) is 0 Å². The van der Waals surface area contributed by atoms with Crippen molar-refractivity contribution >= 4 is 11.7 Å². The van der Waals surface area contributed by atoms with E-state index in [0.29, 0.717) is 18.8 Å². The zero-order valence-electron chi connectivity index (χ0n) is 7.67. The van der Waals surface area contributed by atoms with Crippen molar-refractivity contribution in [1.82, 2.24) is 4.90 Å². The zero-order chi connectivity index (χ0) is 9.14. The largest absolute Gasteiger partial charge is 0.342 e. The number of amides is 1. The third-order valence-electron chi connectivity index (χ3n) is 2.11. The lowest BCUT2D eigenvalue weighted by molar-refractivity contribution is -0.138. The molecule has 3 heteroatoms. The Labute approximate surface area is 72.7 Å². The van der Waals surface area contributed by atoms with E-state index in [9.17, 15) is 9.59 Å². The Balaban J connectivity index is 2.17. The van der Waals surface area contributed by atoms with Crippen LogP contribution in [0.3, 0.4) is 0 Å². The molecule has 0 aromatic rings. The molecule has 1 aliphatic heterocycles. The Kier molecular flexibility index (Phi) is 2.84. The minimum absolute atomic E-state index is 0.0944. The van der Waals surface area contributed by atoms with Gasteiger partial charge >= 0.3 is 0 Å². The smallest absolute Gasteiger partial charge is 0.223 e. The summed E-state index contributed by atoms with van der Waals surface area (Å²) in [6, 6.07) is 0. The first-order valence-electron chi connectivity index (χ1n) is 4.37. The summed E-state index contributed by atoms with van der Waals surface area (Å²) >= 11 is 0. The molecule has 3 nitrogen and oxygen atoms in total. The van der Waals surface area contributed by atoms with Crippen molar-refractivity contribution in [2.75, 3.05) is 13.1 Å². The molecule has 12 heavy (non-hydrogen) atoms. The molecule has 1 aliphatic rings. The normalized spacial score (nSPS) is 17.3. The number of hydrogen-bond donors (Lipinski definition) is 0. The molecule has 0 atom stereocenters. The fraction of sp³-hybridized carbons (Fsp3) is 0.778. The summed E-state index contributed by atoms with van der Waals surface area (Å²) in [6.07, 6.45) is 0.783. The van der Waals surface area contributed by atoms with E-state index in [1.165, 1.54) is 6.92 Å². The van der Waals surface area contributed by atoms with E-state index in [4.69, 9.17) is 0 Å². The number of carbonyl (C=O) groups is 2. The van der Waals surface area contributed by atoms with Gasteiger partial charge in [0.2, 0.25) is 5.91 Å². The van der Waals surface area contributed by atoms with Crippen molar-refractivity contribution in [2.45, 2.75) is 26.7 Å². The number of nitrogens with zero attached hydrogens (tertiary/aromatic N) is 1. The van der Waals surface area contributed by atoms with Crippen LogP contribution in [-0.2, 0) is 9.59 Å². The average Bonchev–Trinajstić information content (AvgIpc) is 1.94. The molecule has 0 aromatic heterocycles. The summed E-state index contributed by atoms with van der Waals surface area (Å²) in [5, 5.41) is 0. The van der Waals surface area contributed by atoms with E-state index in [-0.39, 0.29) is 11.7 Å². The zero-order valence-corrected chi connectivity index (χ0v) is 7.67. The highest BCUT2D eigenvalue weighted by Crippen LogP contribution is 2.15. The second-order valence-corrected chi connectivity index (χ2v) is 3.61. The van der Waals surface area contributed by atoms with E-state index in [1.54, 1.807) is 0 Å². The van der Waals surface area contributed by atoms with Crippen molar-refractivity contribution in [1.29, 1.82) is 0 Å². The topological polar surface area (TPSA) is 37.4 Å². The third-order valence-corrected chi connectivity index (χ3v) is 2.11. The summed E-state index contributed by atoms with van der Waals surface area (Å²) in [6.45, 7) is 5.38. The van der Waals surface area contributed by atoms with Crippen LogP contribution in [0.4, 0.5) is 0 Å². The van der Waals surface area contributed by atoms with Crippen LogP contribution in [0.15, 0.2) is 0 Å². The molecule has 0 spiro atoms. The van der Waals surface area contributed by atoms with Crippen molar-refractivity contribution in [2.24, 2.45) is 5.92 Å². The van der Waals surface area contributed by atoms with E-state index < -0.39 is 0 Å². The highest BCUT2D eigenvalue weighted by atomic mass is 16.2. The molecule has 68 valence electrons. The van der Waals surface area contributed by atoms with Crippen LogP contribution in [0.1, 0.15) is 26.7 Å². The first-order valence-corrected chi connectivity index (χ1v) is 4.37. The Morgan fingerprint density at radius 2 is 1.92 bits per heavy atom. The minimum atomic E-state index is 0.0944. The fourth-order valence-electron chi connectivity index (χ4n) is 1.34. The van der Waals surface area contributed by atoms with Gasteiger partial charge in [0.25, 0.3) is 0 Å². The number of hydrogen-bond acceptors (Lipinski definition) is 2. The molecule has 1 amide bonds. The van der Waals surface area contributed by atoms with Crippen molar-refractivity contribution in [3.8, 4) is 0 Å². The molecule has 0 radical (unpaired) electrons. The molecule has 1 fully saturated rings. The molecule has 1 heterocycles. The van der Waals surface area contributed by atoms with Crippen LogP contribution in [0, 0.1) is 5.92 Å². The van der Waals surface area contributed by atoms with Crippen LogP contribution >= 0.6 is 0 Å². The molecule has 0 bridgehead atoms. The maximum atomic E-state index is 11.2. The third kappa shape index (κ3) is 2.32. The Morgan fingerprint density at radius 3 is 2.33 bits per heavy atom. The van der Waals surface area contributed by atoms with Gasteiger partial charge in [0.1, 0.15) is 5.78 Å². The number of ketones is 1. The molecule has 0 aromatic carbocycles. The molecule has 1 rings (SSSR count). The summed E-state index contributed by atoms with van der Waals surface area (Å²) < 4.78 is 0. The number of rotatable bonds is 3. The highest BCUT2D eigenvalue weighted by Gasteiger charge is 2.26. The van der Waals surface area contributed by atoms with Crippen LogP contribution in [-0.4, -0.2) is 29.7 Å². The lowest BCUT2D eigenvalue weighted by Gasteiger charge is -2.37. The fourth-order valence-corrected chi connectivity index (χ4v) is 1.34. The Hall–Kier alpha value is -0.860. The highest BCUT2D eigenvalue weighted by molar-refractivity contribution is 5.83. The maximum absolute atomic E-state index is 11.2. The van der Waals surface area contributed by atoms with E-state index in [1.807, 2.05) is 4.90 Å². The molecular formula is C9H15NO2. The SMILES string of the molecule is CC(=O)CCC(=O)N1CC(C)C1. The van der Waals surface area contributed by atoms with Gasteiger partial charge in [-0.25, -0.2) is 0 Å². The van der Waals surface area contributed by atoms with E-state index in [2.05, 4.69) is 6.92 Å². The summed E-state index contributed by atoms with van der Waals surface area (Å²) in [5.74, 6) is 0.867. The van der Waals surface area contributed by atoms with Crippen LogP contribution < -0.4 is 0 Å². The van der Waals surface area contributed by atoms with Gasteiger partial charge in [-0.2, -0.15) is 0 Å². The molecular weight excluding hydrogens is 154 g/mol. The van der Waals surface area contributed by atoms with Crippen molar-refractivity contribution in [3.63, 3.8) is 0 Å². The predicted octanol–water partition coefficient (Wildman–Crippen LogP) is 0.834. The van der Waals surface area contributed by atoms with Crippen LogP contribution in [0.25, 0.3) is 0 Å². The van der Waals surface area contributed by atoms with Gasteiger partial charge in [0, 0.05) is 25.9 Å². The van der Waals surface area contributed by atoms with Gasteiger partial charge in [0.15, 0.2) is 0 Å². The first kappa shape index (κ1) is 9.23. The minimum Gasteiger partial charge on any atom is -0.342 e. The maximum Gasteiger partial charge on any atom is 0.223 e. The molecule has 1 saturated heterocycles. The Bertz CT molecular complexity index is 195. The number of carbonyl (C=O) groups excluding carboxylic acids is 2. The second-order valence-electron chi connectivity index (χ2n) is 3.61. The van der Waals surface area contributed by atoms with Gasteiger partial charge in [-0.1, -0.05) is 6.92 Å². The van der Waals surface area contributed by atoms with Crippen molar-refractivity contribution < 1.29 is 9.59 Å². The van der Waals surface area contributed by atoms with E-state index >= 15 is 0 Å². The van der Waals surface area contributed by atoms with Gasteiger partial charge in [0.05, 0.1) is 0 Å². The molecule has 0 aliphatic carbocycles. The molecule has 0 saturated carbocycles.